The van der Waals surface area contributed by atoms with Crippen LogP contribution in [0.15, 0.2) is 17.2 Å². The second-order valence-electron chi connectivity index (χ2n) is 2.36. The van der Waals surface area contributed by atoms with E-state index in [1.54, 1.807) is 0 Å². The number of hydrazone groups is 1. The number of hydrogen-bond acceptors (Lipinski definition) is 4. The zero-order valence-electron chi connectivity index (χ0n) is 6.78. The summed E-state index contributed by atoms with van der Waals surface area (Å²) in [6.07, 6.45) is 1.12. The summed E-state index contributed by atoms with van der Waals surface area (Å²) in [4.78, 5) is 9.99. The highest BCUT2D eigenvalue weighted by Gasteiger charge is 2.18. The van der Waals surface area contributed by atoms with Gasteiger partial charge in [-0.05, 0) is 12.1 Å². The Bertz CT molecular complexity index is 406. The first-order valence-electron chi connectivity index (χ1n) is 3.43. The van der Waals surface area contributed by atoms with E-state index in [0.717, 1.165) is 6.21 Å². The molecule has 7 heteroatoms. The van der Waals surface area contributed by atoms with Crippen molar-refractivity contribution in [2.45, 2.75) is 0 Å². The van der Waals surface area contributed by atoms with E-state index in [1.807, 2.05) is 0 Å². The molecule has 0 atom stereocenters. The van der Waals surface area contributed by atoms with Crippen LogP contribution in [0.1, 0.15) is 5.56 Å². The molecule has 0 amide bonds. The molecule has 0 fully saturated rings. The van der Waals surface area contributed by atoms with Crippen LogP contribution in [0.4, 0.5) is 5.69 Å². The molecule has 74 valence electrons. The van der Waals surface area contributed by atoms with Gasteiger partial charge in [0.05, 0.1) is 16.7 Å². The van der Waals surface area contributed by atoms with Crippen molar-refractivity contribution in [3.8, 4) is 0 Å². The van der Waals surface area contributed by atoms with Crippen molar-refractivity contribution in [2.75, 3.05) is 0 Å². The highest BCUT2D eigenvalue weighted by molar-refractivity contribution is 6.36. The Kier molecular flexibility index (Phi) is 3.27. The zero-order chi connectivity index (χ0) is 10.7. The van der Waals surface area contributed by atoms with Gasteiger partial charge < -0.3 is 5.84 Å². The van der Waals surface area contributed by atoms with E-state index < -0.39 is 4.92 Å². The smallest absolute Gasteiger partial charge is 0.296 e. The number of nitro benzene ring substituents is 1. The van der Waals surface area contributed by atoms with E-state index in [2.05, 4.69) is 5.10 Å². The van der Waals surface area contributed by atoms with Crippen LogP contribution in [0.3, 0.4) is 0 Å². The lowest BCUT2D eigenvalue weighted by atomic mass is 10.2. The number of hydrogen-bond donors (Lipinski definition) is 1. The summed E-state index contributed by atoms with van der Waals surface area (Å²) in [6, 6.07) is 2.65. The first kappa shape index (κ1) is 10.7. The molecular weight excluding hydrogens is 229 g/mol. The molecule has 0 aliphatic carbocycles. The Hall–Kier alpha value is -1.33. The van der Waals surface area contributed by atoms with E-state index in [1.165, 1.54) is 12.1 Å². The van der Waals surface area contributed by atoms with Gasteiger partial charge in [0.2, 0.25) is 0 Å². The highest BCUT2D eigenvalue weighted by atomic mass is 35.5. The third kappa shape index (κ3) is 2.12. The lowest BCUT2D eigenvalue weighted by Gasteiger charge is -1.99. The Morgan fingerprint density at radius 1 is 1.50 bits per heavy atom. The Morgan fingerprint density at radius 3 is 2.64 bits per heavy atom. The fourth-order valence-electron chi connectivity index (χ4n) is 0.957. The van der Waals surface area contributed by atoms with Crippen LogP contribution in [-0.2, 0) is 0 Å². The van der Waals surface area contributed by atoms with Gasteiger partial charge in [-0.1, -0.05) is 23.2 Å². The van der Waals surface area contributed by atoms with E-state index in [4.69, 9.17) is 29.0 Å². The predicted molar refractivity (Wildman–Crippen MR) is 54.9 cm³/mol. The summed E-state index contributed by atoms with van der Waals surface area (Å²) >= 11 is 11.3. The average molecular weight is 234 g/mol. The molecule has 0 aliphatic heterocycles. The predicted octanol–water partition coefficient (Wildman–Crippen LogP) is 2.19. The van der Waals surface area contributed by atoms with Gasteiger partial charge >= 0.3 is 0 Å². The monoisotopic (exact) mass is 233 g/mol. The fourth-order valence-corrected chi connectivity index (χ4v) is 1.54. The fraction of sp³-hybridized carbons (Fsp3) is 0. The molecule has 0 aromatic heterocycles. The summed E-state index contributed by atoms with van der Waals surface area (Å²) in [5.74, 6) is 4.89. The van der Waals surface area contributed by atoms with Gasteiger partial charge in [0.25, 0.3) is 5.69 Å². The van der Waals surface area contributed by atoms with Crippen LogP contribution in [0.2, 0.25) is 10.0 Å². The standard InChI is InChI=1S/C7H5Cl2N3O2/c8-5-1-4(3-11-10)7(12(13)14)6(9)2-5/h1-3H,10H2. The number of nitrogens with two attached hydrogens (primary N) is 1. The molecule has 5 nitrogen and oxygen atoms in total. The molecule has 0 bridgehead atoms. The van der Waals surface area contributed by atoms with Gasteiger partial charge in [-0.2, -0.15) is 5.10 Å². The summed E-state index contributed by atoms with van der Waals surface area (Å²) in [6.45, 7) is 0. The van der Waals surface area contributed by atoms with E-state index in [0.29, 0.717) is 0 Å². The number of benzene rings is 1. The van der Waals surface area contributed by atoms with Crippen molar-refractivity contribution in [3.05, 3.63) is 37.9 Å². The van der Waals surface area contributed by atoms with Crippen LogP contribution in [0.25, 0.3) is 0 Å². The Balaban J connectivity index is 3.44. The lowest BCUT2D eigenvalue weighted by molar-refractivity contribution is -0.384. The van der Waals surface area contributed by atoms with Crippen molar-refractivity contribution in [3.63, 3.8) is 0 Å². The van der Waals surface area contributed by atoms with Crippen molar-refractivity contribution in [1.82, 2.24) is 0 Å². The van der Waals surface area contributed by atoms with Gasteiger partial charge in [0.1, 0.15) is 5.02 Å². The van der Waals surface area contributed by atoms with Gasteiger partial charge in [-0.3, -0.25) is 10.1 Å². The van der Waals surface area contributed by atoms with Crippen LogP contribution >= 0.6 is 23.2 Å². The summed E-state index contributed by atoms with van der Waals surface area (Å²) in [5, 5.41) is 14.0. The van der Waals surface area contributed by atoms with Crippen LogP contribution in [-0.4, -0.2) is 11.1 Å². The minimum Gasteiger partial charge on any atom is -0.323 e. The van der Waals surface area contributed by atoms with Crippen molar-refractivity contribution < 1.29 is 4.92 Å². The molecule has 0 saturated heterocycles. The number of nitrogens with zero attached hydrogens (tertiary/aromatic N) is 2. The van der Waals surface area contributed by atoms with Crippen molar-refractivity contribution in [1.29, 1.82) is 0 Å². The molecule has 0 unspecified atom stereocenters. The van der Waals surface area contributed by atoms with Gasteiger partial charge in [-0.25, -0.2) is 0 Å². The second kappa shape index (κ2) is 4.26. The molecule has 2 N–H and O–H groups in total. The Morgan fingerprint density at radius 2 is 2.14 bits per heavy atom. The molecule has 0 heterocycles. The minimum absolute atomic E-state index is 0.0441. The van der Waals surface area contributed by atoms with E-state index in [-0.39, 0.29) is 21.3 Å². The van der Waals surface area contributed by atoms with E-state index >= 15 is 0 Å². The summed E-state index contributed by atoms with van der Waals surface area (Å²) < 4.78 is 0. The topological polar surface area (TPSA) is 81.5 Å². The summed E-state index contributed by atoms with van der Waals surface area (Å²) in [5.41, 5.74) is -0.0831. The van der Waals surface area contributed by atoms with Crippen LogP contribution < -0.4 is 5.84 Å². The number of rotatable bonds is 2. The van der Waals surface area contributed by atoms with Gasteiger partial charge in [-0.15, -0.1) is 0 Å². The quantitative estimate of drug-likeness (QED) is 0.368. The minimum atomic E-state index is -0.615. The third-order valence-corrected chi connectivity index (χ3v) is 1.96. The highest BCUT2D eigenvalue weighted by Crippen LogP contribution is 2.30. The van der Waals surface area contributed by atoms with Crippen molar-refractivity contribution >= 4 is 35.1 Å². The maximum absolute atomic E-state index is 10.6. The first-order chi connectivity index (χ1) is 6.56. The molecule has 1 rings (SSSR count). The largest absolute Gasteiger partial charge is 0.323 e. The lowest BCUT2D eigenvalue weighted by Crippen LogP contribution is -1.97. The SMILES string of the molecule is NN=Cc1cc(Cl)cc(Cl)c1[N+](=O)[O-]. The first-order valence-corrected chi connectivity index (χ1v) is 4.18. The molecule has 0 radical (unpaired) electrons. The maximum Gasteiger partial charge on any atom is 0.296 e. The molecule has 0 saturated carbocycles. The second-order valence-corrected chi connectivity index (χ2v) is 3.20. The maximum atomic E-state index is 10.6. The Labute approximate surface area is 89.3 Å². The van der Waals surface area contributed by atoms with Crippen LogP contribution in [0.5, 0.6) is 0 Å². The number of halogens is 2. The normalized spacial score (nSPS) is 10.7. The summed E-state index contributed by atoms with van der Waals surface area (Å²) in [7, 11) is 0. The molecule has 1 aromatic carbocycles. The molecular formula is C7H5Cl2N3O2. The third-order valence-electron chi connectivity index (χ3n) is 1.45. The molecule has 1 aromatic rings. The zero-order valence-corrected chi connectivity index (χ0v) is 8.29. The van der Waals surface area contributed by atoms with Crippen LogP contribution in [0, 0.1) is 10.1 Å². The van der Waals surface area contributed by atoms with Gasteiger partial charge in [0, 0.05) is 5.02 Å². The molecule has 0 aliphatic rings. The van der Waals surface area contributed by atoms with E-state index in [9.17, 15) is 10.1 Å². The average Bonchev–Trinajstić information content (AvgIpc) is 2.01. The van der Waals surface area contributed by atoms with Crippen molar-refractivity contribution in [2.24, 2.45) is 10.9 Å². The number of nitro groups is 1. The molecule has 14 heavy (non-hydrogen) atoms. The molecule has 0 spiro atoms. The van der Waals surface area contributed by atoms with Gasteiger partial charge in [0.15, 0.2) is 0 Å².